The van der Waals surface area contributed by atoms with Crippen LogP contribution in [-0.2, 0) is 11.3 Å². The van der Waals surface area contributed by atoms with Gasteiger partial charge < -0.3 is 10.4 Å². The maximum absolute atomic E-state index is 12.8. The first-order valence-corrected chi connectivity index (χ1v) is 4.69. The minimum Gasteiger partial charge on any atom is -0.480 e. The van der Waals surface area contributed by atoms with Crippen LogP contribution in [0.2, 0.25) is 0 Å². The lowest BCUT2D eigenvalue weighted by Crippen LogP contribution is -2.33. The number of aliphatic carboxylic acids is 1. The van der Waals surface area contributed by atoms with E-state index < -0.39 is 17.8 Å². The second-order valence-electron chi connectivity index (χ2n) is 3.35. The van der Waals surface area contributed by atoms with E-state index in [0.29, 0.717) is 5.56 Å². The second-order valence-corrected chi connectivity index (χ2v) is 3.35. The predicted molar refractivity (Wildman–Crippen MR) is 55.1 cm³/mol. The Kier molecular flexibility index (Phi) is 3.97. The van der Waals surface area contributed by atoms with Gasteiger partial charge in [0.2, 0.25) is 0 Å². The standard InChI is InChI=1S/C11H11FN2O2/c1-7(11(15)16)14-6-8-2-3-10(12)4-9(8)5-13/h2-4,7,14H,6H2,1H3,(H,15,16). The van der Waals surface area contributed by atoms with Crippen molar-refractivity contribution in [3.8, 4) is 6.07 Å². The maximum Gasteiger partial charge on any atom is 0.320 e. The van der Waals surface area contributed by atoms with E-state index in [9.17, 15) is 9.18 Å². The van der Waals surface area contributed by atoms with Gasteiger partial charge in [-0.2, -0.15) is 5.26 Å². The van der Waals surface area contributed by atoms with E-state index in [1.807, 2.05) is 6.07 Å². The summed E-state index contributed by atoms with van der Waals surface area (Å²) in [6.45, 7) is 1.72. The van der Waals surface area contributed by atoms with Gasteiger partial charge >= 0.3 is 5.97 Å². The molecule has 1 rings (SSSR count). The minimum atomic E-state index is -0.972. The topological polar surface area (TPSA) is 73.1 Å². The van der Waals surface area contributed by atoms with E-state index in [2.05, 4.69) is 5.32 Å². The van der Waals surface area contributed by atoms with Gasteiger partial charge in [0.05, 0.1) is 11.6 Å². The third-order valence-electron chi connectivity index (χ3n) is 2.16. The quantitative estimate of drug-likeness (QED) is 0.804. The SMILES string of the molecule is CC(NCc1ccc(F)cc1C#N)C(=O)O. The van der Waals surface area contributed by atoms with Gasteiger partial charge in [-0.3, -0.25) is 4.79 Å². The molecule has 4 nitrogen and oxygen atoms in total. The van der Waals surface area contributed by atoms with Gasteiger partial charge in [-0.05, 0) is 24.6 Å². The zero-order valence-corrected chi connectivity index (χ0v) is 8.70. The molecule has 0 heterocycles. The van der Waals surface area contributed by atoms with Crippen molar-refractivity contribution in [1.29, 1.82) is 5.26 Å². The van der Waals surface area contributed by atoms with Gasteiger partial charge in [0.25, 0.3) is 0 Å². The Morgan fingerprint density at radius 3 is 2.94 bits per heavy atom. The Bertz CT molecular complexity index is 440. The Morgan fingerprint density at radius 2 is 2.38 bits per heavy atom. The summed E-state index contributed by atoms with van der Waals surface area (Å²) < 4.78 is 12.8. The highest BCUT2D eigenvalue weighted by Gasteiger charge is 2.11. The van der Waals surface area contributed by atoms with Gasteiger partial charge in [-0.1, -0.05) is 6.07 Å². The summed E-state index contributed by atoms with van der Waals surface area (Å²) in [5.74, 6) is -1.45. The molecule has 0 radical (unpaired) electrons. The Hall–Kier alpha value is -1.93. The molecule has 0 bridgehead atoms. The normalized spacial score (nSPS) is 11.8. The van der Waals surface area contributed by atoms with Crippen LogP contribution in [0.5, 0.6) is 0 Å². The number of carboxylic acids is 1. The average Bonchev–Trinajstić information content (AvgIpc) is 2.26. The highest BCUT2D eigenvalue weighted by Crippen LogP contribution is 2.10. The van der Waals surface area contributed by atoms with Crippen molar-refractivity contribution < 1.29 is 14.3 Å². The summed E-state index contributed by atoms with van der Waals surface area (Å²) in [6.07, 6.45) is 0. The van der Waals surface area contributed by atoms with E-state index in [0.717, 1.165) is 6.07 Å². The number of nitriles is 1. The van der Waals surface area contributed by atoms with Crippen LogP contribution in [-0.4, -0.2) is 17.1 Å². The number of carbonyl (C=O) groups is 1. The molecule has 0 aliphatic carbocycles. The molecular weight excluding hydrogens is 211 g/mol. The molecule has 16 heavy (non-hydrogen) atoms. The predicted octanol–water partition coefficient (Wildman–Crippen LogP) is 1.26. The number of carboxylic acid groups (broad SMARTS) is 1. The van der Waals surface area contributed by atoms with Gasteiger partial charge in [0.15, 0.2) is 0 Å². The molecule has 84 valence electrons. The van der Waals surface area contributed by atoms with Crippen LogP contribution in [0.3, 0.4) is 0 Å². The van der Waals surface area contributed by atoms with Gasteiger partial charge in [0.1, 0.15) is 11.9 Å². The largest absolute Gasteiger partial charge is 0.480 e. The van der Waals surface area contributed by atoms with Crippen molar-refractivity contribution >= 4 is 5.97 Å². The van der Waals surface area contributed by atoms with Crippen molar-refractivity contribution in [1.82, 2.24) is 5.32 Å². The summed E-state index contributed by atoms with van der Waals surface area (Å²) in [5, 5.41) is 20.1. The van der Waals surface area contributed by atoms with Crippen LogP contribution in [0.1, 0.15) is 18.1 Å². The van der Waals surface area contributed by atoms with Gasteiger partial charge in [0, 0.05) is 6.54 Å². The number of rotatable bonds is 4. The molecule has 0 spiro atoms. The molecule has 0 saturated heterocycles. The van der Waals surface area contributed by atoms with Crippen LogP contribution in [0.25, 0.3) is 0 Å². The first-order valence-electron chi connectivity index (χ1n) is 4.69. The Morgan fingerprint density at radius 1 is 1.69 bits per heavy atom. The van der Waals surface area contributed by atoms with Crippen molar-refractivity contribution in [2.75, 3.05) is 0 Å². The molecule has 1 unspecified atom stereocenters. The second kappa shape index (κ2) is 5.24. The van der Waals surface area contributed by atoms with E-state index >= 15 is 0 Å². The molecule has 0 amide bonds. The van der Waals surface area contributed by atoms with E-state index in [-0.39, 0.29) is 12.1 Å². The van der Waals surface area contributed by atoms with Crippen molar-refractivity contribution in [2.45, 2.75) is 19.5 Å². The zero-order valence-electron chi connectivity index (χ0n) is 8.70. The molecule has 0 aromatic heterocycles. The number of nitrogens with one attached hydrogen (secondary N) is 1. The van der Waals surface area contributed by atoms with E-state index in [4.69, 9.17) is 10.4 Å². The van der Waals surface area contributed by atoms with E-state index in [1.165, 1.54) is 19.1 Å². The van der Waals surface area contributed by atoms with Crippen LogP contribution >= 0.6 is 0 Å². The zero-order chi connectivity index (χ0) is 12.1. The molecular formula is C11H11FN2O2. The lowest BCUT2D eigenvalue weighted by atomic mass is 10.1. The Balaban J connectivity index is 2.75. The highest BCUT2D eigenvalue weighted by atomic mass is 19.1. The number of nitrogens with zero attached hydrogens (tertiary/aromatic N) is 1. The van der Waals surface area contributed by atoms with Crippen molar-refractivity contribution in [3.05, 3.63) is 35.1 Å². The molecule has 0 aliphatic heterocycles. The van der Waals surface area contributed by atoms with Crippen molar-refractivity contribution in [2.24, 2.45) is 0 Å². The summed E-state index contributed by atoms with van der Waals surface area (Å²) >= 11 is 0. The molecule has 2 N–H and O–H groups in total. The first kappa shape index (κ1) is 12.1. The number of hydrogen-bond acceptors (Lipinski definition) is 3. The van der Waals surface area contributed by atoms with Gasteiger partial charge in [-0.15, -0.1) is 0 Å². The molecule has 5 heteroatoms. The van der Waals surface area contributed by atoms with Gasteiger partial charge in [-0.25, -0.2) is 4.39 Å². The van der Waals surface area contributed by atoms with Crippen LogP contribution in [0.4, 0.5) is 4.39 Å². The van der Waals surface area contributed by atoms with Crippen LogP contribution in [0, 0.1) is 17.1 Å². The lowest BCUT2D eigenvalue weighted by molar-refractivity contribution is -0.139. The maximum atomic E-state index is 12.8. The number of benzene rings is 1. The molecule has 0 aliphatic rings. The molecule has 1 aromatic carbocycles. The van der Waals surface area contributed by atoms with Crippen LogP contribution in [0.15, 0.2) is 18.2 Å². The van der Waals surface area contributed by atoms with Crippen LogP contribution < -0.4 is 5.32 Å². The summed E-state index contributed by atoms with van der Waals surface area (Å²) in [7, 11) is 0. The highest BCUT2D eigenvalue weighted by molar-refractivity contribution is 5.72. The van der Waals surface area contributed by atoms with Crippen molar-refractivity contribution in [3.63, 3.8) is 0 Å². The third-order valence-corrected chi connectivity index (χ3v) is 2.16. The fourth-order valence-electron chi connectivity index (χ4n) is 1.16. The molecule has 1 aromatic rings. The summed E-state index contributed by atoms with van der Waals surface area (Å²) in [5.41, 5.74) is 0.794. The molecule has 0 saturated carbocycles. The average molecular weight is 222 g/mol. The monoisotopic (exact) mass is 222 g/mol. The molecule has 1 atom stereocenters. The Labute approximate surface area is 92.3 Å². The fraction of sp³-hybridized carbons (Fsp3) is 0.273. The fourth-order valence-corrected chi connectivity index (χ4v) is 1.16. The minimum absolute atomic E-state index is 0.213. The number of halogens is 1. The lowest BCUT2D eigenvalue weighted by Gasteiger charge is -2.09. The summed E-state index contributed by atoms with van der Waals surface area (Å²) in [6, 6.07) is 4.98. The third kappa shape index (κ3) is 3.04. The first-order chi connectivity index (χ1) is 7.54. The summed E-state index contributed by atoms with van der Waals surface area (Å²) in [4.78, 5) is 10.5. The smallest absolute Gasteiger partial charge is 0.320 e. The van der Waals surface area contributed by atoms with E-state index in [1.54, 1.807) is 0 Å². The molecule has 0 fully saturated rings. The number of hydrogen-bond donors (Lipinski definition) is 2.